The van der Waals surface area contributed by atoms with Crippen molar-refractivity contribution in [1.82, 2.24) is 0 Å². The standard InChI is InChI=1S/C10H19NO3S/c11-10(15(12,13)14)4-3-9-6-7-1-2-8(9)5-7/h7-10H,1-6,11H2,(H,12,13,14). The summed E-state index contributed by atoms with van der Waals surface area (Å²) in [6.45, 7) is 0. The first-order valence-corrected chi connectivity index (χ1v) is 7.19. The molecule has 2 aliphatic carbocycles. The summed E-state index contributed by atoms with van der Waals surface area (Å²) in [6, 6.07) is 0. The van der Waals surface area contributed by atoms with E-state index in [1.54, 1.807) is 0 Å². The van der Waals surface area contributed by atoms with Crippen LogP contribution in [0, 0.1) is 17.8 Å². The van der Waals surface area contributed by atoms with Crippen molar-refractivity contribution >= 4 is 10.1 Å². The molecule has 0 spiro atoms. The van der Waals surface area contributed by atoms with Gasteiger partial charge in [-0.25, -0.2) is 0 Å². The minimum absolute atomic E-state index is 0.396. The highest BCUT2D eigenvalue weighted by molar-refractivity contribution is 7.86. The number of hydrogen-bond acceptors (Lipinski definition) is 3. The molecule has 0 amide bonds. The van der Waals surface area contributed by atoms with Crippen LogP contribution in [0.1, 0.15) is 38.5 Å². The molecule has 15 heavy (non-hydrogen) atoms. The smallest absolute Gasteiger partial charge is 0.280 e. The Morgan fingerprint density at radius 1 is 1.33 bits per heavy atom. The van der Waals surface area contributed by atoms with Crippen LogP contribution in [0.5, 0.6) is 0 Å². The molecule has 4 atom stereocenters. The highest BCUT2D eigenvalue weighted by atomic mass is 32.2. The highest BCUT2D eigenvalue weighted by Crippen LogP contribution is 2.49. The van der Waals surface area contributed by atoms with Crippen LogP contribution in [0.4, 0.5) is 0 Å². The quantitative estimate of drug-likeness (QED) is 0.719. The number of hydrogen-bond donors (Lipinski definition) is 2. The average Bonchev–Trinajstić information content (AvgIpc) is 2.73. The molecule has 0 radical (unpaired) electrons. The van der Waals surface area contributed by atoms with E-state index in [4.69, 9.17) is 10.3 Å². The Morgan fingerprint density at radius 2 is 2.07 bits per heavy atom. The molecule has 2 aliphatic rings. The minimum Gasteiger partial charge on any atom is -0.313 e. The van der Waals surface area contributed by atoms with Gasteiger partial charge in [0.25, 0.3) is 10.1 Å². The fourth-order valence-electron chi connectivity index (χ4n) is 3.26. The monoisotopic (exact) mass is 233 g/mol. The zero-order chi connectivity index (χ0) is 11.1. The van der Waals surface area contributed by atoms with Crippen molar-refractivity contribution in [3.8, 4) is 0 Å². The Kier molecular flexibility index (Phi) is 3.05. The van der Waals surface area contributed by atoms with Gasteiger partial charge in [-0.2, -0.15) is 8.42 Å². The Hall–Kier alpha value is -0.130. The van der Waals surface area contributed by atoms with E-state index in [2.05, 4.69) is 0 Å². The van der Waals surface area contributed by atoms with E-state index < -0.39 is 15.5 Å². The number of rotatable bonds is 4. The molecule has 5 heteroatoms. The first-order chi connectivity index (χ1) is 6.97. The van der Waals surface area contributed by atoms with Gasteiger partial charge in [0.05, 0.1) is 0 Å². The molecule has 0 saturated heterocycles. The lowest BCUT2D eigenvalue weighted by Gasteiger charge is -2.22. The summed E-state index contributed by atoms with van der Waals surface area (Å²) >= 11 is 0. The van der Waals surface area contributed by atoms with Crippen LogP contribution in [0.3, 0.4) is 0 Å². The molecule has 0 aromatic rings. The van der Waals surface area contributed by atoms with Gasteiger partial charge in [0, 0.05) is 0 Å². The van der Waals surface area contributed by atoms with Gasteiger partial charge in [0.15, 0.2) is 0 Å². The summed E-state index contributed by atoms with van der Waals surface area (Å²) in [4.78, 5) is 0. The van der Waals surface area contributed by atoms with Gasteiger partial charge in [-0.1, -0.05) is 6.42 Å². The van der Waals surface area contributed by atoms with Crippen LogP contribution in [0.25, 0.3) is 0 Å². The Labute approximate surface area is 91.0 Å². The SMILES string of the molecule is NC(CCC1CC2CCC1C2)S(=O)(=O)O. The lowest BCUT2D eigenvalue weighted by Crippen LogP contribution is -2.30. The van der Waals surface area contributed by atoms with Crippen LogP contribution >= 0.6 is 0 Å². The van der Waals surface area contributed by atoms with E-state index in [1.165, 1.54) is 25.7 Å². The highest BCUT2D eigenvalue weighted by Gasteiger charge is 2.39. The molecule has 2 bridgehead atoms. The van der Waals surface area contributed by atoms with Gasteiger partial charge >= 0.3 is 0 Å². The summed E-state index contributed by atoms with van der Waals surface area (Å²) in [5.74, 6) is 2.32. The zero-order valence-corrected chi connectivity index (χ0v) is 9.62. The van der Waals surface area contributed by atoms with Gasteiger partial charge in [0.2, 0.25) is 0 Å². The Morgan fingerprint density at radius 3 is 2.53 bits per heavy atom. The summed E-state index contributed by atoms with van der Waals surface area (Å²) in [7, 11) is -4.03. The summed E-state index contributed by atoms with van der Waals surface area (Å²) in [5, 5.41) is -1.09. The van der Waals surface area contributed by atoms with Gasteiger partial charge in [-0.3, -0.25) is 4.55 Å². The van der Waals surface area contributed by atoms with Crippen LogP contribution in [0.15, 0.2) is 0 Å². The third-order valence-corrected chi connectivity index (χ3v) is 5.09. The third-order valence-electron chi connectivity index (χ3n) is 4.09. The molecule has 3 N–H and O–H groups in total. The second kappa shape index (κ2) is 4.03. The van der Waals surface area contributed by atoms with Gasteiger partial charge < -0.3 is 5.73 Å². The van der Waals surface area contributed by atoms with Crippen LogP contribution in [-0.4, -0.2) is 18.3 Å². The summed E-state index contributed by atoms with van der Waals surface area (Å²) in [6.07, 6.45) is 6.46. The lowest BCUT2D eigenvalue weighted by molar-refractivity contribution is 0.305. The first kappa shape index (κ1) is 11.4. The molecule has 2 saturated carbocycles. The molecule has 2 fully saturated rings. The molecule has 0 aromatic carbocycles. The maximum absolute atomic E-state index is 10.7. The molecule has 0 aromatic heterocycles. The predicted octanol–water partition coefficient (Wildman–Crippen LogP) is 1.38. The van der Waals surface area contributed by atoms with Crippen molar-refractivity contribution in [2.45, 2.75) is 43.9 Å². The molecule has 4 unspecified atom stereocenters. The Bertz CT molecular complexity index is 328. The van der Waals surface area contributed by atoms with Crippen molar-refractivity contribution in [3.05, 3.63) is 0 Å². The third kappa shape index (κ3) is 2.52. The fourth-order valence-corrected chi connectivity index (χ4v) is 3.69. The molecular weight excluding hydrogens is 214 g/mol. The first-order valence-electron chi connectivity index (χ1n) is 5.68. The van der Waals surface area contributed by atoms with Gasteiger partial charge in [-0.15, -0.1) is 0 Å². The van der Waals surface area contributed by atoms with Gasteiger partial charge in [0.1, 0.15) is 5.37 Å². The van der Waals surface area contributed by atoms with E-state index in [-0.39, 0.29) is 0 Å². The van der Waals surface area contributed by atoms with E-state index in [1.807, 2.05) is 0 Å². The van der Waals surface area contributed by atoms with Crippen LogP contribution < -0.4 is 5.73 Å². The molecular formula is C10H19NO3S. The van der Waals surface area contributed by atoms with Crippen molar-refractivity contribution in [1.29, 1.82) is 0 Å². The minimum atomic E-state index is -4.03. The lowest BCUT2D eigenvalue weighted by atomic mass is 9.85. The normalized spacial score (nSPS) is 37.1. The maximum Gasteiger partial charge on any atom is 0.280 e. The molecule has 0 aliphatic heterocycles. The zero-order valence-electron chi connectivity index (χ0n) is 8.80. The van der Waals surface area contributed by atoms with Crippen molar-refractivity contribution < 1.29 is 13.0 Å². The predicted molar refractivity (Wildman–Crippen MR) is 57.7 cm³/mol. The van der Waals surface area contributed by atoms with Crippen molar-refractivity contribution in [2.75, 3.05) is 0 Å². The van der Waals surface area contributed by atoms with Gasteiger partial charge in [-0.05, 0) is 49.9 Å². The van der Waals surface area contributed by atoms with E-state index in [0.29, 0.717) is 12.3 Å². The van der Waals surface area contributed by atoms with E-state index >= 15 is 0 Å². The maximum atomic E-state index is 10.7. The molecule has 88 valence electrons. The number of fused-ring (bicyclic) bond motifs is 2. The van der Waals surface area contributed by atoms with Crippen LogP contribution in [-0.2, 0) is 10.1 Å². The van der Waals surface area contributed by atoms with Crippen molar-refractivity contribution in [2.24, 2.45) is 23.5 Å². The number of nitrogens with two attached hydrogens (primary N) is 1. The van der Waals surface area contributed by atoms with Crippen LogP contribution in [0.2, 0.25) is 0 Å². The Balaban J connectivity index is 1.80. The molecule has 2 rings (SSSR count). The van der Waals surface area contributed by atoms with E-state index in [9.17, 15) is 8.42 Å². The second-order valence-electron chi connectivity index (χ2n) is 5.07. The average molecular weight is 233 g/mol. The fraction of sp³-hybridized carbons (Fsp3) is 1.00. The summed E-state index contributed by atoms with van der Waals surface area (Å²) < 4.78 is 30.2. The topological polar surface area (TPSA) is 80.4 Å². The molecule has 0 heterocycles. The summed E-state index contributed by atoms with van der Waals surface area (Å²) in [5.41, 5.74) is 5.39. The van der Waals surface area contributed by atoms with Crippen molar-refractivity contribution in [3.63, 3.8) is 0 Å². The molecule has 4 nitrogen and oxygen atoms in total. The van der Waals surface area contributed by atoms with E-state index in [0.717, 1.165) is 18.3 Å². The second-order valence-corrected chi connectivity index (χ2v) is 6.70. The largest absolute Gasteiger partial charge is 0.313 e.